The van der Waals surface area contributed by atoms with E-state index in [0.29, 0.717) is 43.1 Å². The number of pyridine rings is 1. The monoisotopic (exact) mass is 421 g/mol. The van der Waals surface area contributed by atoms with Gasteiger partial charge in [-0.05, 0) is 18.2 Å². The van der Waals surface area contributed by atoms with Crippen LogP contribution in [0.5, 0.6) is 5.75 Å². The molecule has 0 saturated carbocycles. The SMILES string of the molecule is COc1ccccc1Cn1c(=O)c(C(=O)N2CCN(C(C)=O)CC2)nc2cccnc21. The van der Waals surface area contributed by atoms with Gasteiger partial charge >= 0.3 is 0 Å². The van der Waals surface area contributed by atoms with E-state index in [0.717, 1.165) is 5.56 Å². The van der Waals surface area contributed by atoms with E-state index in [1.165, 1.54) is 11.5 Å². The van der Waals surface area contributed by atoms with Gasteiger partial charge in [0.05, 0.1) is 13.7 Å². The molecule has 0 bridgehead atoms. The van der Waals surface area contributed by atoms with Gasteiger partial charge in [0.1, 0.15) is 11.3 Å². The van der Waals surface area contributed by atoms with Crippen LogP contribution in [-0.2, 0) is 11.3 Å². The lowest BCUT2D eigenvalue weighted by Crippen LogP contribution is -2.51. The first kappa shape index (κ1) is 20.5. The van der Waals surface area contributed by atoms with E-state index in [-0.39, 0.29) is 18.1 Å². The largest absolute Gasteiger partial charge is 0.496 e. The highest BCUT2D eigenvalue weighted by molar-refractivity contribution is 5.93. The Hall–Kier alpha value is -3.75. The third-order valence-corrected chi connectivity index (χ3v) is 5.44. The average Bonchev–Trinajstić information content (AvgIpc) is 2.80. The molecule has 9 nitrogen and oxygen atoms in total. The molecular formula is C22H23N5O4. The van der Waals surface area contributed by atoms with E-state index >= 15 is 0 Å². The van der Waals surface area contributed by atoms with Gasteiger partial charge in [-0.25, -0.2) is 9.97 Å². The maximum atomic E-state index is 13.4. The van der Waals surface area contributed by atoms with Crippen LogP contribution in [-0.4, -0.2) is 69.4 Å². The van der Waals surface area contributed by atoms with Crippen molar-refractivity contribution in [1.82, 2.24) is 24.3 Å². The van der Waals surface area contributed by atoms with Crippen molar-refractivity contribution in [3.63, 3.8) is 0 Å². The van der Waals surface area contributed by atoms with Gasteiger partial charge in [0.25, 0.3) is 11.5 Å². The van der Waals surface area contributed by atoms with Gasteiger partial charge in [-0.15, -0.1) is 0 Å². The van der Waals surface area contributed by atoms with Crippen LogP contribution in [0.25, 0.3) is 11.2 Å². The fourth-order valence-electron chi connectivity index (χ4n) is 3.74. The van der Waals surface area contributed by atoms with Crippen molar-refractivity contribution >= 4 is 23.0 Å². The molecule has 3 aromatic rings. The summed E-state index contributed by atoms with van der Waals surface area (Å²) >= 11 is 0. The van der Waals surface area contributed by atoms with E-state index in [9.17, 15) is 14.4 Å². The van der Waals surface area contributed by atoms with Gasteiger partial charge in [-0.2, -0.15) is 0 Å². The fourth-order valence-corrected chi connectivity index (χ4v) is 3.74. The molecule has 1 aromatic carbocycles. The lowest BCUT2D eigenvalue weighted by atomic mass is 10.2. The average molecular weight is 421 g/mol. The number of carbonyl (C=O) groups is 2. The van der Waals surface area contributed by atoms with Gasteiger partial charge in [0, 0.05) is 44.9 Å². The molecule has 1 saturated heterocycles. The van der Waals surface area contributed by atoms with E-state index in [1.807, 2.05) is 24.3 Å². The van der Waals surface area contributed by atoms with Crippen LogP contribution in [0, 0.1) is 0 Å². The number of ether oxygens (including phenoxy) is 1. The van der Waals surface area contributed by atoms with Crippen LogP contribution < -0.4 is 10.3 Å². The summed E-state index contributed by atoms with van der Waals surface area (Å²) in [6.45, 7) is 3.29. The number of methoxy groups -OCH3 is 1. The summed E-state index contributed by atoms with van der Waals surface area (Å²) in [7, 11) is 1.57. The normalized spacial score (nSPS) is 14.0. The summed E-state index contributed by atoms with van der Waals surface area (Å²) < 4.78 is 6.87. The zero-order chi connectivity index (χ0) is 22.0. The number of amides is 2. The lowest BCUT2D eigenvalue weighted by Gasteiger charge is -2.33. The molecule has 31 heavy (non-hydrogen) atoms. The zero-order valence-electron chi connectivity index (χ0n) is 17.4. The molecule has 160 valence electrons. The summed E-state index contributed by atoms with van der Waals surface area (Å²) in [4.78, 5) is 50.0. The van der Waals surface area contributed by atoms with Gasteiger partial charge in [0.15, 0.2) is 11.3 Å². The number of fused-ring (bicyclic) bond motifs is 1. The van der Waals surface area contributed by atoms with Gasteiger partial charge in [-0.3, -0.25) is 19.0 Å². The molecule has 2 amide bonds. The van der Waals surface area contributed by atoms with Gasteiger partial charge < -0.3 is 14.5 Å². The summed E-state index contributed by atoms with van der Waals surface area (Å²) in [6.07, 6.45) is 1.59. The minimum Gasteiger partial charge on any atom is -0.496 e. The van der Waals surface area contributed by atoms with Crippen LogP contribution in [0.4, 0.5) is 0 Å². The third kappa shape index (κ3) is 3.98. The highest BCUT2D eigenvalue weighted by atomic mass is 16.5. The number of para-hydroxylation sites is 1. The highest BCUT2D eigenvalue weighted by Crippen LogP contribution is 2.19. The van der Waals surface area contributed by atoms with Crippen LogP contribution in [0.2, 0.25) is 0 Å². The lowest BCUT2D eigenvalue weighted by molar-refractivity contribution is -0.130. The second-order valence-electron chi connectivity index (χ2n) is 7.31. The quantitative estimate of drug-likeness (QED) is 0.627. The molecule has 2 aromatic heterocycles. The Morgan fingerprint density at radius 1 is 1.03 bits per heavy atom. The predicted octanol–water partition coefficient (Wildman–Crippen LogP) is 1.15. The molecule has 1 fully saturated rings. The number of carbonyl (C=O) groups excluding carboxylic acids is 2. The minimum atomic E-state index is -0.504. The van der Waals surface area contributed by atoms with E-state index < -0.39 is 11.5 Å². The first-order valence-corrected chi connectivity index (χ1v) is 10.0. The van der Waals surface area contributed by atoms with Crippen LogP contribution >= 0.6 is 0 Å². The second-order valence-corrected chi connectivity index (χ2v) is 7.31. The van der Waals surface area contributed by atoms with Crippen molar-refractivity contribution in [1.29, 1.82) is 0 Å². The van der Waals surface area contributed by atoms with Crippen molar-refractivity contribution < 1.29 is 14.3 Å². The number of piperazine rings is 1. The van der Waals surface area contributed by atoms with Gasteiger partial charge in [-0.1, -0.05) is 18.2 Å². The molecule has 0 spiro atoms. The topological polar surface area (TPSA) is 97.6 Å². The Balaban J connectivity index is 1.74. The van der Waals surface area contributed by atoms with Crippen LogP contribution in [0.1, 0.15) is 23.0 Å². The second kappa shape index (κ2) is 8.55. The fraction of sp³-hybridized carbons (Fsp3) is 0.318. The third-order valence-electron chi connectivity index (χ3n) is 5.44. The number of hydrogen-bond donors (Lipinski definition) is 0. The van der Waals surface area contributed by atoms with Crippen molar-refractivity contribution in [2.75, 3.05) is 33.3 Å². The minimum absolute atomic E-state index is 0.0267. The molecular weight excluding hydrogens is 398 g/mol. The number of nitrogens with zero attached hydrogens (tertiary/aromatic N) is 5. The number of hydrogen-bond acceptors (Lipinski definition) is 6. The van der Waals surface area contributed by atoms with Crippen molar-refractivity contribution in [2.24, 2.45) is 0 Å². The zero-order valence-corrected chi connectivity index (χ0v) is 17.4. The molecule has 3 heterocycles. The molecule has 0 unspecified atom stereocenters. The molecule has 0 radical (unpaired) electrons. The summed E-state index contributed by atoms with van der Waals surface area (Å²) in [5.74, 6) is 0.178. The van der Waals surface area contributed by atoms with Crippen LogP contribution in [0.15, 0.2) is 47.4 Å². The Kier molecular flexibility index (Phi) is 5.66. The molecule has 0 atom stereocenters. The smallest absolute Gasteiger partial charge is 0.284 e. The Labute approximate surface area is 178 Å². The predicted molar refractivity (Wildman–Crippen MR) is 114 cm³/mol. The summed E-state index contributed by atoms with van der Waals surface area (Å²) in [5.41, 5.74) is 1.00. The number of benzene rings is 1. The summed E-state index contributed by atoms with van der Waals surface area (Å²) in [6, 6.07) is 10.8. The first-order chi connectivity index (χ1) is 15.0. The molecule has 1 aliphatic rings. The standard InChI is InChI=1S/C22H23N5O4/c1-15(28)25-10-12-26(13-11-25)21(29)19-22(30)27(20-17(24-19)7-5-9-23-20)14-16-6-3-4-8-18(16)31-2/h3-9H,10-14H2,1-2H3. The van der Waals surface area contributed by atoms with Crippen molar-refractivity contribution in [2.45, 2.75) is 13.5 Å². The van der Waals surface area contributed by atoms with E-state index in [4.69, 9.17) is 4.74 Å². The molecule has 0 N–H and O–H groups in total. The van der Waals surface area contributed by atoms with Crippen molar-refractivity contribution in [3.8, 4) is 5.75 Å². The Morgan fingerprint density at radius 2 is 1.74 bits per heavy atom. The van der Waals surface area contributed by atoms with Gasteiger partial charge in [0.2, 0.25) is 5.91 Å². The first-order valence-electron chi connectivity index (χ1n) is 10.0. The Bertz CT molecular complexity index is 1200. The van der Waals surface area contributed by atoms with Crippen LogP contribution in [0.3, 0.4) is 0 Å². The highest BCUT2D eigenvalue weighted by Gasteiger charge is 2.27. The van der Waals surface area contributed by atoms with E-state index in [2.05, 4.69) is 9.97 Å². The number of rotatable bonds is 4. The Morgan fingerprint density at radius 3 is 2.45 bits per heavy atom. The molecule has 1 aliphatic heterocycles. The molecule has 0 aliphatic carbocycles. The molecule has 4 rings (SSSR count). The maximum absolute atomic E-state index is 13.4. The number of aromatic nitrogens is 3. The molecule has 9 heteroatoms. The van der Waals surface area contributed by atoms with Crippen molar-refractivity contribution in [3.05, 3.63) is 64.2 Å². The summed E-state index contributed by atoms with van der Waals surface area (Å²) in [5, 5.41) is 0. The van der Waals surface area contributed by atoms with E-state index in [1.54, 1.807) is 35.2 Å². The maximum Gasteiger partial charge on any atom is 0.284 e.